The standard InChI is InChI=1S/C12H10F3N3O3/c1-16-11(19)20-6-9-17-18-10(21-9)7-3-2-4-8(5-7)12(13,14)15/h2-5H,6H2,1H3,(H,16,19). The first kappa shape index (κ1) is 14.8. The van der Waals surface area contributed by atoms with Crippen LogP contribution in [0.25, 0.3) is 11.5 Å². The second kappa shape index (κ2) is 5.81. The number of amides is 1. The van der Waals surface area contributed by atoms with Crippen molar-refractivity contribution in [3.63, 3.8) is 0 Å². The van der Waals surface area contributed by atoms with Gasteiger partial charge in [-0.2, -0.15) is 13.2 Å². The third kappa shape index (κ3) is 3.71. The van der Waals surface area contributed by atoms with E-state index in [1.54, 1.807) is 0 Å². The molecule has 1 N–H and O–H groups in total. The molecule has 112 valence electrons. The highest BCUT2D eigenvalue weighted by Gasteiger charge is 2.30. The number of hydrogen-bond acceptors (Lipinski definition) is 5. The molecular formula is C12H10F3N3O3. The van der Waals surface area contributed by atoms with Crippen molar-refractivity contribution < 1.29 is 27.1 Å². The molecule has 21 heavy (non-hydrogen) atoms. The Kier molecular flexibility index (Phi) is 4.10. The van der Waals surface area contributed by atoms with E-state index in [0.717, 1.165) is 12.1 Å². The van der Waals surface area contributed by atoms with Crippen molar-refractivity contribution in [1.29, 1.82) is 0 Å². The molecule has 0 saturated carbocycles. The number of halogens is 3. The molecular weight excluding hydrogens is 291 g/mol. The number of carbonyl (C=O) groups is 1. The van der Waals surface area contributed by atoms with Gasteiger partial charge in [0.1, 0.15) is 0 Å². The maximum atomic E-state index is 12.6. The summed E-state index contributed by atoms with van der Waals surface area (Å²) < 4.78 is 47.6. The number of carbonyl (C=O) groups excluding carboxylic acids is 1. The lowest BCUT2D eigenvalue weighted by molar-refractivity contribution is -0.137. The van der Waals surface area contributed by atoms with E-state index < -0.39 is 17.8 Å². The molecule has 0 atom stereocenters. The highest BCUT2D eigenvalue weighted by molar-refractivity contribution is 5.66. The Morgan fingerprint density at radius 1 is 1.38 bits per heavy atom. The first-order chi connectivity index (χ1) is 9.90. The van der Waals surface area contributed by atoms with E-state index in [2.05, 4.69) is 20.3 Å². The molecule has 0 saturated heterocycles. The zero-order valence-corrected chi connectivity index (χ0v) is 10.8. The van der Waals surface area contributed by atoms with Crippen molar-refractivity contribution in [2.24, 2.45) is 0 Å². The van der Waals surface area contributed by atoms with Crippen LogP contribution in [0.15, 0.2) is 28.7 Å². The van der Waals surface area contributed by atoms with Gasteiger partial charge in [0, 0.05) is 12.6 Å². The molecule has 0 radical (unpaired) electrons. The van der Waals surface area contributed by atoms with Gasteiger partial charge in [-0.05, 0) is 18.2 Å². The third-order valence-corrected chi connectivity index (χ3v) is 2.43. The smallest absolute Gasteiger partial charge is 0.416 e. The lowest BCUT2D eigenvalue weighted by Crippen LogP contribution is -2.18. The molecule has 1 aromatic carbocycles. The van der Waals surface area contributed by atoms with Crippen molar-refractivity contribution >= 4 is 6.09 Å². The van der Waals surface area contributed by atoms with Gasteiger partial charge in [-0.1, -0.05) is 6.07 Å². The van der Waals surface area contributed by atoms with Crippen LogP contribution in [-0.2, 0) is 17.5 Å². The van der Waals surface area contributed by atoms with Gasteiger partial charge in [-0.25, -0.2) is 4.79 Å². The summed E-state index contributed by atoms with van der Waals surface area (Å²) in [6, 6.07) is 4.49. The molecule has 9 heteroatoms. The fourth-order valence-corrected chi connectivity index (χ4v) is 1.46. The van der Waals surface area contributed by atoms with Crippen molar-refractivity contribution in [1.82, 2.24) is 15.5 Å². The Labute approximate surface area is 116 Å². The number of aromatic nitrogens is 2. The molecule has 2 rings (SSSR count). The fourth-order valence-electron chi connectivity index (χ4n) is 1.46. The molecule has 1 heterocycles. The van der Waals surface area contributed by atoms with Crippen molar-refractivity contribution in [3.05, 3.63) is 35.7 Å². The molecule has 0 fully saturated rings. The molecule has 0 spiro atoms. The van der Waals surface area contributed by atoms with Crippen molar-refractivity contribution in [2.45, 2.75) is 12.8 Å². The Balaban J connectivity index is 2.16. The number of rotatable bonds is 3. The van der Waals surface area contributed by atoms with Crippen LogP contribution in [0.1, 0.15) is 11.5 Å². The molecule has 0 aliphatic carbocycles. The van der Waals surface area contributed by atoms with Gasteiger partial charge in [0.2, 0.25) is 5.89 Å². The summed E-state index contributed by atoms with van der Waals surface area (Å²) in [7, 11) is 1.38. The number of nitrogens with one attached hydrogen (secondary N) is 1. The molecule has 2 aromatic rings. The average molecular weight is 301 g/mol. The summed E-state index contributed by atoms with van der Waals surface area (Å²) >= 11 is 0. The molecule has 1 amide bonds. The van der Waals surface area contributed by atoms with Crippen LogP contribution in [0, 0.1) is 0 Å². The normalized spacial score (nSPS) is 11.2. The summed E-state index contributed by atoms with van der Waals surface area (Å²) in [5, 5.41) is 9.43. The minimum absolute atomic E-state index is 0.0222. The number of ether oxygens (including phenoxy) is 1. The molecule has 0 aliphatic heterocycles. The van der Waals surface area contributed by atoms with Gasteiger partial charge < -0.3 is 14.5 Å². The first-order valence-corrected chi connectivity index (χ1v) is 5.74. The Hall–Kier alpha value is -2.58. The predicted molar refractivity (Wildman–Crippen MR) is 64.0 cm³/mol. The van der Waals surface area contributed by atoms with Crippen LogP contribution >= 0.6 is 0 Å². The van der Waals surface area contributed by atoms with Crippen LogP contribution in [0.4, 0.5) is 18.0 Å². The van der Waals surface area contributed by atoms with Crippen LogP contribution in [-0.4, -0.2) is 23.3 Å². The highest BCUT2D eigenvalue weighted by atomic mass is 19.4. The predicted octanol–water partition coefficient (Wildman–Crippen LogP) is 2.61. The summed E-state index contributed by atoms with van der Waals surface area (Å²) in [5.41, 5.74) is -0.690. The van der Waals surface area contributed by atoms with Gasteiger partial charge in [0.05, 0.1) is 5.56 Å². The van der Waals surface area contributed by atoms with Gasteiger partial charge >= 0.3 is 12.3 Å². The fraction of sp³-hybridized carbons (Fsp3) is 0.250. The maximum absolute atomic E-state index is 12.6. The highest BCUT2D eigenvalue weighted by Crippen LogP contribution is 2.31. The number of benzene rings is 1. The number of alkyl carbamates (subject to hydrolysis) is 1. The monoisotopic (exact) mass is 301 g/mol. The van der Waals surface area contributed by atoms with Gasteiger partial charge in [0.15, 0.2) is 6.61 Å². The van der Waals surface area contributed by atoms with E-state index in [9.17, 15) is 18.0 Å². The largest absolute Gasteiger partial charge is 0.439 e. The average Bonchev–Trinajstić information content (AvgIpc) is 2.93. The van der Waals surface area contributed by atoms with Gasteiger partial charge in [-0.15, -0.1) is 10.2 Å². The quantitative estimate of drug-likeness (QED) is 0.943. The Morgan fingerprint density at radius 3 is 2.81 bits per heavy atom. The Bertz CT molecular complexity index is 640. The van der Waals surface area contributed by atoms with E-state index >= 15 is 0 Å². The van der Waals surface area contributed by atoms with E-state index in [1.807, 2.05) is 0 Å². The maximum Gasteiger partial charge on any atom is 0.416 e. The molecule has 6 nitrogen and oxygen atoms in total. The zero-order chi connectivity index (χ0) is 15.5. The molecule has 0 unspecified atom stereocenters. The zero-order valence-electron chi connectivity index (χ0n) is 10.8. The lowest BCUT2D eigenvalue weighted by Gasteiger charge is -2.06. The van der Waals surface area contributed by atoms with E-state index in [-0.39, 0.29) is 24.0 Å². The van der Waals surface area contributed by atoms with E-state index in [4.69, 9.17) is 4.42 Å². The second-order valence-corrected chi connectivity index (χ2v) is 3.91. The molecule has 1 aromatic heterocycles. The summed E-state index contributed by atoms with van der Waals surface area (Å²) in [5.74, 6) is -0.109. The van der Waals surface area contributed by atoms with E-state index in [1.165, 1.54) is 19.2 Å². The van der Waals surface area contributed by atoms with Crippen LogP contribution < -0.4 is 5.32 Å². The minimum Gasteiger partial charge on any atom is -0.439 e. The van der Waals surface area contributed by atoms with Gasteiger partial charge in [0.25, 0.3) is 5.89 Å². The SMILES string of the molecule is CNC(=O)OCc1nnc(-c2cccc(C(F)(F)F)c2)o1. The van der Waals surface area contributed by atoms with Crippen LogP contribution in [0.2, 0.25) is 0 Å². The van der Waals surface area contributed by atoms with Gasteiger partial charge in [-0.3, -0.25) is 0 Å². The first-order valence-electron chi connectivity index (χ1n) is 5.74. The lowest BCUT2D eigenvalue weighted by atomic mass is 10.1. The second-order valence-electron chi connectivity index (χ2n) is 3.91. The van der Waals surface area contributed by atoms with Crippen molar-refractivity contribution in [2.75, 3.05) is 7.05 Å². The summed E-state index contributed by atoms with van der Waals surface area (Å²) in [6.45, 7) is -0.272. The number of hydrogen-bond donors (Lipinski definition) is 1. The van der Waals surface area contributed by atoms with Crippen LogP contribution in [0.5, 0.6) is 0 Å². The molecule has 0 aliphatic rings. The summed E-state index contributed by atoms with van der Waals surface area (Å²) in [4.78, 5) is 10.9. The Morgan fingerprint density at radius 2 is 2.14 bits per heavy atom. The topological polar surface area (TPSA) is 77.2 Å². The minimum atomic E-state index is -4.46. The molecule has 0 bridgehead atoms. The number of alkyl halides is 3. The number of nitrogens with zero attached hydrogens (tertiary/aromatic N) is 2. The van der Waals surface area contributed by atoms with E-state index in [0.29, 0.717) is 0 Å². The van der Waals surface area contributed by atoms with Crippen LogP contribution in [0.3, 0.4) is 0 Å². The van der Waals surface area contributed by atoms with Crippen molar-refractivity contribution in [3.8, 4) is 11.5 Å². The summed E-state index contributed by atoms with van der Waals surface area (Å²) in [6.07, 6.45) is -5.14. The third-order valence-electron chi connectivity index (χ3n) is 2.43.